The Morgan fingerprint density at radius 1 is 1.12 bits per heavy atom. The standard InChI is InChI=1S/C20H21N5O/c26-19-12-18(16-4-3-8-21-13-16)23-20(24-19)15-6-10-25(11-7-15)14-17-5-1-2-9-22-17/h1-5,8-9,12-13,15H,6-7,10-11,14H2,(H,23,24,26). The Morgan fingerprint density at radius 3 is 2.73 bits per heavy atom. The molecule has 4 heterocycles. The van der Waals surface area contributed by atoms with Gasteiger partial charge in [-0.2, -0.15) is 0 Å². The van der Waals surface area contributed by atoms with Crippen molar-refractivity contribution in [3.05, 3.63) is 76.9 Å². The van der Waals surface area contributed by atoms with E-state index in [2.05, 4.69) is 25.9 Å². The van der Waals surface area contributed by atoms with Gasteiger partial charge in [-0.15, -0.1) is 0 Å². The maximum Gasteiger partial charge on any atom is 0.251 e. The topological polar surface area (TPSA) is 74.8 Å². The summed E-state index contributed by atoms with van der Waals surface area (Å²) >= 11 is 0. The molecule has 1 N–H and O–H groups in total. The number of piperidine rings is 1. The van der Waals surface area contributed by atoms with E-state index in [1.165, 1.54) is 6.07 Å². The van der Waals surface area contributed by atoms with Crippen LogP contribution in [0.25, 0.3) is 11.3 Å². The molecule has 132 valence electrons. The molecule has 1 aliphatic heterocycles. The van der Waals surface area contributed by atoms with Gasteiger partial charge in [0.05, 0.1) is 11.4 Å². The third-order valence-corrected chi connectivity index (χ3v) is 4.80. The third-order valence-electron chi connectivity index (χ3n) is 4.80. The Hall–Kier alpha value is -2.86. The number of H-pyrrole nitrogens is 1. The average Bonchev–Trinajstić information content (AvgIpc) is 2.70. The van der Waals surface area contributed by atoms with E-state index >= 15 is 0 Å². The van der Waals surface area contributed by atoms with Crippen molar-refractivity contribution in [2.24, 2.45) is 0 Å². The number of aromatic nitrogens is 4. The fraction of sp³-hybridized carbons (Fsp3) is 0.300. The first-order chi connectivity index (χ1) is 12.8. The van der Waals surface area contributed by atoms with Crippen LogP contribution in [-0.4, -0.2) is 37.9 Å². The first-order valence-electron chi connectivity index (χ1n) is 8.92. The summed E-state index contributed by atoms with van der Waals surface area (Å²) in [4.78, 5) is 30.7. The fourth-order valence-electron chi connectivity index (χ4n) is 3.42. The Balaban J connectivity index is 1.46. The van der Waals surface area contributed by atoms with Gasteiger partial charge in [0.25, 0.3) is 5.56 Å². The summed E-state index contributed by atoms with van der Waals surface area (Å²) in [7, 11) is 0. The molecule has 0 atom stereocenters. The molecule has 26 heavy (non-hydrogen) atoms. The second-order valence-corrected chi connectivity index (χ2v) is 6.63. The van der Waals surface area contributed by atoms with Crippen LogP contribution in [0.4, 0.5) is 0 Å². The third kappa shape index (κ3) is 3.86. The molecule has 1 fully saturated rings. The summed E-state index contributed by atoms with van der Waals surface area (Å²) in [5.74, 6) is 1.06. The van der Waals surface area contributed by atoms with Crippen LogP contribution >= 0.6 is 0 Å². The van der Waals surface area contributed by atoms with Gasteiger partial charge < -0.3 is 4.98 Å². The molecule has 0 amide bonds. The highest BCUT2D eigenvalue weighted by molar-refractivity contribution is 5.56. The Morgan fingerprint density at radius 2 is 2.00 bits per heavy atom. The summed E-state index contributed by atoms with van der Waals surface area (Å²) in [5, 5.41) is 0. The predicted molar refractivity (Wildman–Crippen MR) is 99.6 cm³/mol. The lowest BCUT2D eigenvalue weighted by Gasteiger charge is -2.31. The van der Waals surface area contributed by atoms with Crippen LogP contribution in [-0.2, 0) is 6.54 Å². The van der Waals surface area contributed by atoms with Gasteiger partial charge in [0.2, 0.25) is 0 Å². The van der Waals surface area contributed by atoms with E-state index in [9.17, 15) is 4.79 Å². The van der Waals surface area contributed by atoms with Crippen LogP contribution in [0.5, 0.6) is 0 Å². The molecule has 3 aromatic rings. The van der Waals surface area contributed by atoms with Crippen LogP contribution in [0.15, 0.2) is 59.8 Å². The number of hydrogen-bond donors (Lipinski definition) is 1. The summed E-state index contributed by atoms with van der Waals surface area (Å²) < 4.78 is 0. The number of rotatable bonds is 4. The monoisotopic (exact) mass is 347 g/mol. The predicted octanol–water partition coefficient (Wildman–Crippen LogP) is 2.61. The zero-order valence-electron chi connectivity index (χ0n) is 14.5. The van der Waals surface area contributed by atoms with E-state index < -0.39 is 0 Å². The van der Waals surface area contributed by atoms with Gasteiger partial charge in [0.15, 0.2) is 0 Å². The number of nitrogens with one attached hydrogen (secondary N) is 1. The zero-order chi connectivity index (χ0) is 17.8. The average molecular weight is 347 g/mol. The molecule has 6 nitrogen and oxygen atoms in total. The lowest BCUT2D eigenvalue weighted by molar-refractivity contribution is 0.199. The smallest absolute Gasteiger partial charge is 0.251 e. The van der Waals surface area contributed by atoms with Crippen LogP contribution in [0.2, 0.25) is 0 Å². The van der Waals surface area contributed by atoms with Crippen molar-refractivity contribution in [1.82, 2.24) is 24.8 Å². The second-order valence-electron chi connectivity index (χ2n) is 6.63. The van der Waals surface area contributed by atoms with Crippen molar-refractivity contribution in [1.29, 1.82) is 0 Å². The molecule has 0 radical (unpaired) electrons. The number of aromatic amines is 1. The normalized spacial score (nSPS) is 15.8. The summed E-state index contributed by atoms with van der Waals surface area (Å²) in [5.41, 5.74) is 2.54. The highest BCUT2D eigenvalue weighted by Gasteiger charge is 2.23. The Labute approximate surface area is 152 Å². The Bertz CT molecular complexity index is 902. The fourth-order valence-corrected chi connectivity index (χ4v) is 3.42. The zero-order valence-corrected chi connectivity index (χ0v) is 14.5. The van der Waals surface area contributed by atoms with Gasteiger partial charge in [0, 0.05) is 42.7 Å². The van der Waals surface area contributed by atoms with E-state index in [0.717, 1.165) is 49.6 Å². The lowest BCUT2D eigenvalue weighted by atomic mass is 9.95. The summed E-state index contributed by atoms with van der Waals surface area (Å²) in [6, 6.07) is 11.3. The largest absolute Gasteiger partial charge is 0.310 e. The van der Waals surface area contributed by atoms with Crippen LogP contribution in [0.3, 0.4) is 0 Å². The molecule has 4 rings (SSSR count). The van der Waals surface area contributed by atoms with E-state index in [0.29, 0.717) is 5.69 Å². The molecule has 1 saturated heterocycles. The highest BCUT2D eigenvalue weighted by atomic mass is 16.1. The first-order valence-corrected chi connectivity index (χ1v) is 8.92. The van der Waals surface area contributed by atoms with Gasteiger partial charge in [-0.3, -0.25) is 19.7 Å². The molecule has 3 aromatic heterocycles. The number of hydrogen-bond acceptors (Lipinski definition) is 5. The summed E-state index contributed by atoms with van der Waals surface area (Å²) in [6.45, 7) is 2.82. The number of pyridine rings is 2. The number of nitrogens with zero attached hydrogens (tertiary/aromatic N) is 4. The van der Waals surface area contributed by atoms with E-state index in [1.807, 2.05) is 30.5 Å². The molecule has 0 aliphatic carbocycles. The van der Waals surface area contributed by atoms with Crippen molar-refractivity contribution >= 4 is 0 Å². The molecule has 0 unspecified atom stereocenters. The minimum absolute atomic E-state index is 0.107. The van der Waals surface area contributed by atoms with Gasteiger partial charge in [-0.1, -0.05) is 6.07 Å². The van der Waals surface area contributed by atoms with Crippen molar-refractivity contribution in [2.45, 2.75) is 25.3 Å². The molecule has 1 aliphatic rings. The molecule has 6 heteroatoms. The maximum absolute atomic E-state index is 12.1. The molecular weight excluding hydrogens is 326 g/mol. The van der Waals surface area contributed by atoms with Crippen LogP contribution < -0.4 is 5.56 Å². The lowest BCUT2D eigenvalue weighted by Crippen LogP contribution is -2.33. The van der Waals surface area contributed by atoms with Gasteiger partial charge in [0.1, 0.15) is 5.82 Å². The van der Waals surface area contributed by atoms with Crippen LogP contribution in [0, 0.1) is 0 Å². The van der Waals surface area contributed by atoms with Crippen molar-refractivity contribution in [3.63, 3.8) is 0 Å². The maximum atomic E-state index is 12.1. The SMILES string of the molecule is O=c1cc(-c2cccnc2)nc(C2CCN(Cc3ccccn3)CC2)[nH]1. The van der Waals surface area contributed by atoms with E-state index in [4.69, 9.17) is 4.98 Å². The minimum atomic E-state index is -0.107. The van der Waals surface area contributed by atoms with Crippen molar-refractivity contribution in [3.8, 4) is 11.3 Å². The van der Waals surface area contributed by atoms with E-state index in [1.54, 1.807) is 12.4 Å². The second kappa shape index (κ2) is 7.58. The van der Waals surface area contributed by atoms with Gasteiger partial charge >= 0.3 is 0 Å². The van der Waals surface area contributed by atoms with Crippen molar-refractivity contribution in [2.75, 3.05) is 13.1 Å². The van der Waals surface area contributed by atoms with Gasteiger partial charge in [-0.25, -0.2) is 4.98 Å². The van der Waals surface area contributed by atoms with Gasteiger partial charge in [-0.05, 0) is 50.2 Å². The van der Waals surface area contributed by atoms with Crippen LogP contribution in [0.1, 0.15) is 30.3 Å². The molecule has 0 spiro atoms. The Kier molecular flexibility index (Phi) is 4.84. The molecule has 0 saturated carbocycles. The minimum Gasteiger partial charge on any atom is -0.310 e. The van der Waals surface area contributed by atoms with Crippen molar-refractivity contribution < 1.29 is 0 Å². The first kappa shape index (κ1) is 16.6. The number of likely N-dealkylation sites (tertiary alicyclic amines) is 1. The quantitative estimate of drug-likeness (QED) is 0.785. The summed E-state index contributed by atoms with van der Waals surface area (Å²) in [6.07, 6.45) is 7.25. The van der Waals surface area contributed by atoms with E-state index in [-0.39, 0.29) is 11.5 Å². The molecule has 0 bridgehead atoms. The molecule has 0 aromatic carbocycles. The highest BCUT2D eigenvalue weighted by Crippen LogP contribution is 2.27. The molecular formula is C20H21N5O.